The van der Waals surface area contributed by atoms with E-state index in [0.717, 1.165) is 36.5 Å². The van der Waals surface area contributed by atoms with Crippen molar-refractivity contribution in [3.8, 4) is 0 Å². The number of piperidine rings is 1. The quantitative estimate of drug-likeness (QED) is 0.817. The number of hydrogen-bond acceptors (Lipinski definition) is 3. The summed E-state index contributed by atoms with van der Waals surface area (Å²) in [6, 6.07) is 6.35. The highest BCUT2D eigenvalue weighted by Crippen LogP contribution is 2.34. The molecule has 1 fully saturated rings. The summed E-state index contributed by atoms with van der Waals surface area (Å²) >= 11 is 1.96. The molecule has 5 heteroatoms. The van der Waals surface area contributed by atoms with Crippen LogP contribution in [0.1, 0.15) is 36.3 Å². The number of benzene rings is 1. The van der Waals surface area contributed by atoms with Gasteiger partial charge in [-0.1, -0.05) is 12.1 Å². The summed E-state index contributed by atoms with van der Waals surface area (Å²) < 4.78 is 0. The van der Waals surface area contributed by atoms with Crippen molar-refractivity contribution < 1.29 is 9.90 Å². The number of likely N-dealkylation sites (tertiary alicyclic amines) is 1. The van der Waals surface area contributed by atoms with Crippen molar-refractivity contribution in [2.75, 3.05) is 30.3 Å². The Morgan fingerprint density at radius 3 is 2.73 bits per heavy atom. The molecule has 2 aliphatic heterocycles. The second kappa shape index (κ2) is 6.65. The fourth-order valence-corrected chi connectivity index (χ4v) is 4.13. The zero-order chi connectivity index (χ0) is 15.5. The van der Waals surface area contributed by atoms with Gasteiger partial charge >= 0.3 is 6.09 Å². The number of nitrogen functional groups attached to an aromatic ring is 1. The third-order valence-electron chi connectivity index (χ3n) is 4.62. The molecule has 0 radical (unpaired) electrons. The molecular weight excluding hydrogens is 296 g/mol. The van der Waals surface area contributed by atoms with Crippen molar-refractivity contribution in [2.24, 2.45) is 0 Å². The van der Waals surface area contributed by atoms with E-state index in [-0.39, 0.29) is 0 Å². The van der Waals surface area contributed by atoms with Crippen LogP contribution < -0.4 is 5.73 Å². The van der Waals surface area contributed by atoms with Gasteiger partial charge in [-0.15, -0.1) is 0 Å². The molecule has 2 heterocycles. The fraction of sp³-hybridized carbons (Fsp3) is 0.471. The average Bonchev–Trinajstić information content (AvgIpc) is 2.56. The maximum absolute atomic E-state index is 11.0. The van der Waals surface area contributed by atoms with Crippen molar-refractivity contribution in [1.82, 2.24) is 4.90 Å². The Labute approximate surface area is 135 Å². The fourth-order valence-electron chi connectivity index (χ4n) is 3.28. The molecule has 2 aliphatic rings. The zero-order valence-electron chi connectivity index (χ0n) is 12.6. The minimum Gasteiger partial charge on any atom is -0.465 e. The molecule has 0 bridgehead atoms. The zero-order valence-corrected chi connectivity index (χ0v) is 13.4. The summed E-state index contributed by atoms with van der Waals surface area (Å²) in [6.07, 6.45) is 4.35. The van der Waals surface area contributed by atoms with Crippen LogP contribution in [0.5, 0.6) is 0 Å². The normalized spacial score (nSPS) is 19.8. The molecule has 22 heavy (non-hydrogen) atoms. The van der Waals surface area contributed by atoms with E-state index in [1.54, 1.807) is 0 Å². The van der Waals surface area contributed by atoms with E-state index in [0.29, 0.717) is 19.0 Å². The van der Waals surface area contributed by atoms with Gasteiger partial charge in [0.25, 0.3) is 0 Å². The summed E-state index contributed by atoms with van der Waals surface area (Å²) in [5, 5.41) is 9.05. The van der Waals surface area contributed by atoms with Crippen molar-refractivity contribution in [2.45, 2.75) is 25.2 Å². The van der Waals surface area contributed by atoms with Gasteiger partial charge in [-0.3, -0.25) is 0 Å². The lowest BCUT2D eigenvalue weighted by Crippen LogP contribution is -2.36. The van der Waals surface area contributed by atoms with Gasteiger partial charge in [0, 0.05) is 30.1 Å². The lowest BCUT2D eigenvalue weighted by atomic mass is 9.87. The van der Waals surface area contributed by atoms with Gasteiger partial charge in [0.2, 0.25) is 0 Å². The molecule has 118 valence electrons. The van der Waals surface area contributed by atoms with Crippen LogP contribution in [0.15, 0.2) is 24.3 Å². The number of allylic oxidation sites excluding steroid dienone is 1. The van der Waals surface area contributed by atoms with E-state index in [4.69, 9.17) is 10.8 Å². The molecule has 1 saturated heterocycles. The Balaban J connectivity index is 1.78. The first-order chi connectivity index (χ1) is 10.6. The highest BCUT2D eigenvalue weighted by atomic mass is 32.2. The topological polar surface area (TPSA) is 66.6 Å². The first-order valence-corrected chi connectivity index (χ1v) is 8.95. The molecule has 0 aromatic heterocycles. The number of nitrogens with zero attached hydrogens (tertiary/aromatic N) is 1. The van der Waals surface area contributed by atoms with Gasteiger partial charge in [0.05, 0.1) is 0 Å². The molecule has 3 N–H and O–H groups in total. The lowest BCUT2D eigenvalue weighted by molar-refractivity contribution is 0.132. The minimum absolute atomic E-state index is 0.438. The second-order valence-corrected chi connectivity index (χ2v) is 7.09. The summed E-state index contributed by atoms with van der Waals surface area (Å²) in [5.74, 6) is 2.66. The third kappa shape index (κ3) is 3.24. The highest BCUT2D eigenvalue weighted by molar-refractivity contribution is 7.99. The second-order valence-electron chi connectivity index (χ2n) is 5.94. The summed E-state index contributed by atoms with van der Waals surface area (Å²) in [7, 11) is 0. The van der Waals surface area contributed by atoms with Crippen LogP contribution in [0.2, 0.25) is 0 Å². The van der Waals surface area contributed by atoms with E-state index in [2.05, 4.69) is 18.2 Å². The average molecular weight is 318 g/mol. The van der Waals surface area contributed by atoms with Crippen LogP contribution in [0.25, 0.3) is 5.57 Å². The van der Waals surface area contributed by atoms with Crippen molar-refractivity contribution >= 4 is 29.1 Å². The van der Waals surface area contributed by atoms with Crippen LogP contribution in [0, 0.1) is 0 Å². The first kappa shape index (κ1) is 15.3. The molecular formula is C17H22N2O2S. The smallest absolute Gasteiger partial charge is 0.407 e. The summed E-state index contributed by atoms with van der Waals surface area (Å²) in [4.78, 5) is 12.5. The van der Waals surface area contributed by atoms with E-state index in [9.17, 15) is 4.79 Å². The molecule has 0 saturated carbocycles. The van der Waals surface area contributed by atoms with Crippen LogP contribution in [0.3, 0.4) is 0 Å². The van der Waals surface area contributed by atoms with Gasteiger partial charge in [0.15, 0.2) is 0 Å². The van der Waals surface area contributed by atoms with Gasteiger partial charge in [-0.05, 0) is 54.2 Å². The van der Waals surface area contributed by atoms with Gasteiger partial charge in [0.1, 0.15) is 0 Å². The van der Waals surface area contributed by atoms with Crippen LogP contribution in [-0.2, 0) is 0 Å². The first-order valence-electron chi connectivity index (χ1n) is 7.79. The van der Waals surface area contributed by atoms with Crippen LogP contribution in [-0.4, -0.2) is 40.7 Å². The molecule has 0 aliphatic carbocycles. The minimum atomic E-state index is -0.804. The van der Waals surface area contributed by atoms with Gasteiger partial charge in [-0.25, -0.2) is 4.79 Å². The van der Waals surface area contributed by atoms with Crippen LogP contribution >= 0.6 is 11.8 Å². The molecule has 3 rings (SSSR count). The molecule has 1 aromatic carbocycles. The van der Waals surface area contributed by atoms with Crippen LogP contribution in [0.4, 0.5) is 10.5 Å². The third-order valence-corrected chi connectivity index (χ3v) is 5.52. The maximum atomic E-state index is 11.0. The monoisotopic (exact) mass is 318 g/mol. The van der Waals surface area contributed by atoms with E-state index >= 15 is 0 Å². The Morgan fingerprint density at radius 2 is 2.09 bits per heavy atom. The Hall–Kier alpha value is -1.62. The lowest BCUT2D eigenvalue weighted by Gasteiger charge is -2.30. The number of carbonyl (C=O) groups is 1. The number of nitrogens with two attached hydrogens (primary N) is 1. The number of rotatable bonds is 2. The number of thioether (sulfide) groups is 1. The number of anilines is 1. The van der Waals surface area contributed by atoms with E-state index in [1.165, 1.54) is 21.6 Å². The maximum Gasteiger partial charge on any atom is 0.407 e. The van der Waals surface area contributed by atoms with Gasteiger partial charge < -0.3 is 15.7 Å². The van der Waals surface area contributed by atoms with E-state index < -0.39 is 6.09 Å². The number of amides is 1. The Kier molecular flexibility index (Phi) is 4.62. The summed E-state index contributed by atoms with van der Waals surface area (Å²) in [6.45, 7) is 1.25. The molecule has 4 nitrogen and oxygen atoms in total. The molecule has 1 aromatic rings. The number of hydrogen-bond donors (Lipinski definition) is 2. The van der Waals surface area contributed by atoms with E-state index in [1.807, 2.05) is 17.8 Å². The predicted molar refractivity (Wildman–Crippen MR) is 92.3 cm³/mol. The van der Waals surface area contributed by atoms with Gasteiger partial charge in [-0.2, -0.15) is 11.8 Å². The molecule has 0 spiro atoms. The predicted octanol–water partition coefficient (Wildman–Crippen LogP) is 3.65. The molecule has 0 unspecified atom stereocenters. The largest absolute Gasteiger partial charge is 0.465 e. The Bertz CT molecular complexity index is 592. The highest BCUT2D eigenvalue weighted by Gasteiger charge is 2.24. The Morgan fingerprint density at radius 1 is 1.32 bits per heavy atom. The SMILES string of the molecule is Nc1ccc(C2CCN(C(=O)O)CC2)cc1C1=CCSCC1. The van der Waals surface area contributed by atoms with Crippen molar-refractivity contribution in [3.63, 3.8) is 0 Å². The van der Waals surface area contributed by atoms with Crippen molar-refractivity contribution in [3.05, 3.63) is 35.4 Å². The standard InChI is InChI=1S/C17H22N2O2S/c18-16-2-1-14(11-15(16)13-5-9-22-10-6-13)12-3-7-19(8-4-12)17(20)21/h1-2,5,11-12H,3-4,6-10,18H2,(H,20,21). The molecule has 0 atom stereocenters. The molecule has 1 amide bonds. The number of carboxylic acid groups (broad SMARTS) is 1. The summed E-state index contributed by atoms with van der Waals surface area (Å²) in [5.41, 5.74) is 10.9. The van der Waals surface area contributed by atoms with Crippen molar-refractivity contribution in [1.29, 1.82) is 0 Å².